The molecule has 3 nitrogen and oxygen atoms in total. The van der Waals surface area contributed by atoms with Crippen LogP contribution in [0.3, 0.4) is 0 Å². The third-order valence-electron chi connectivity index (χ3n) is 2.23. The summed E-state index contributed by atoms with van der Waals surface area (Å²) in [4.78, 5) is 11.1. The lowest BCUT2D eigenvalue weighted by Gasteiger charge is -2.22. The van der Waals surface area contributed by atoms with Gasteiger partial charge in [-0.15, -0.1) is 0 Å². The molecule has 0 radical (unpaired) electrons. The van der Waals surface area contributed by atoms with Crippen molar-refractivity contribution in [3.63, 3.8) is 0 Å². The zero-order valence-corrected chi connectivity index (χ0v) is 10.4. The van der Waals surface area contributed by atoms with E-state index in [1.54, 1.807) is 0 Å². The molecule has 0 aliphatic rings. The van der Waals surface area contributed by atoms with Crippen LogP contribution in [-0.2, 0) is 9.53 Å². The van der Waals surface area contributed by atoms with Gasteiger partial charge in [0.1, 0.15) is 11.6 Å². The second-order valence-electron chi connectivity index (χ2n) is 3.91. The monoisotopic (exact) mass is 332 g/mol. The zero-order valence-electron chi connectivity index (χ0n) is 10.4. The number of aliphatic hydroxyl groups is 1. The van der Waals surface area contributed by atoms with E-state index in [4.69, 9.17) is 0 Å². The fourth-order valence-corrected chi connectivity index (χ4v) is 1.33. The number of carbonyl (C=O) groups is 1. The number of carbonyl (C=O) groups excluding carboxylic acids is 1. The molecule has 1 aromatic rings. The molecule has 0 spiro atoms. The summed E-state index contributed by atoms with van der Waals surface area (Å²) in [6.07, 6.45) is -16.2. The van der Waals surface area contributed by atoms with Gasteiger partial charge >= 0.3 is 18.3 Å². The highest BCUT2D eigenvalue weighted by Crippen LogP contribution is 2.35. The van der Waals surface area contributed by atoms with Crippen molar-refractivity contribution in [3.8, 4) is 0 Å². The van der Waals surface area contributed by atoms with Crippen molar-refractivity contribution in [1.29, 1.82) is 0 Å². The predicted octanol–water partition coefficient (Wildman–Crippen LogP) is 3.76. The highest BCUT2D eigenvalue weighted by atomic mass is 19.4. The van der Waals surface area contributed by atoms with Gasteiger partial charge in [-0.25, -0.2) is 9.18 Å². The van der Waals surface area contributed by atoms with Gasteiger partial charge in [0.2, 0.25) is 0 Å². The van der Waals surface area contributed by atoms with Crippen molar-refractivity contribution < 1.29 is 45.4 Å². The number of aliphatic hydroxyl groups excluding tert-OH is 1. The van der Waals surface area contributed by atoms with Gasteiger partial charge in [0.05, 0.1) is 11.6 Å². The van der Waals surface area contributed by atoms with Gasteiger partial charge < -0.3 is 9.84 Å². The topological polar surface area (TPSA) is 46.5 Å². The van der Waals surface area contributed by atoms with E-state index in [0.717, 1.165) is 12.1 Å². The Morgan fingerprint density at radius 1 is 1.09 bits per heavy atom. The van der Waals surface area contributed by atoms with Gasteiger partial charge in [0, 0.05) is 0 Å². The van der Waals surface area contributed by atoms with Gasteiger partial charge in [-0.2, -0.15) is 26.3 Å². The SMILES string of the molecule is O=C(/C=C(\O)c1ccccc1F)OC(C(F)(F)F)C(F)(F)F. The number of hydrogen-bond acceptors (Lipinski definition) is 3. The largest absolute Gasteiger partial charge is 0.507 e. The Morgan fingerprint density at radius 2 is 1.59 bits per heavy atom. The van der Waals surface area contributed by atoms with Crippen LogP contribution in [0.5, 0.6) is 0 Å². The smallest absolute Gasteiger partial charge is 0.434 e. The number of esters is 1. The average molecular weight is 332 g/mol. The molecule has 122 valence electrons. The predicted molar refractivity (Wildman–Crippen MR) is 59.0 cm³/mol. The Hall–Kier alpha value is -2.26. The van der Waals surface area contributed by atoms with E-state index >= 15 is 0 Å². The van der Waals surface area contributed by atoms with Crippen LogP contribution in [0.1, 0.15) is 5.56 Å². The molecule has 10 heteroatoms. The van der Waals surface area contributed by atoms with Crippen molar-refractivity contribution in [2.24, 2.45) is 0 Å². The third-order valence-corrected chi connectivity index (χ3v) is 2.23. The summed E-state index contributed by atoms with van der Waals surface area (Å²) in [5.74, 6) is -4.33. The van der Waals surface area contributed by atoms with Gasteiger partial charge in [0.15, 0.2) is 0 Å². The van der Waals surface area contributed by atoms with E-state index < -0.39 is 41.6 Å². The zero-order chi connectivity index (χ0) is 17.1. The normalized spacial score (nSPS) is 13.4. The second kappa shape index (κ2) is 6.24. The Labute approximate surface area is 118 Å². The molecule has 0 unspecified atom stereocenters. The van der Waals surface area contributed by atoms with E-state index in [9.17, 15) is 40.6 Å². The Kier molecular flexibility index (Phi) is 5.05. The molecule has 0 atom stereocenters. The lowest BCUT2D eigenvalue weighted by atomic mass is 10.1. The van der Waals surface area contributed by atoms with Crippen LogP contribution in [0.15, 0.2) is 30.3 Å². The summed E-state index contributed by atoms with van der Waals surface area (Å²) in [6.45, 7) is 0. The maximum absolute atomic E-state index is 13.2. The molecule has 0 saturated carbocycles. The number of alkyl halides is 6. The van der Waals surface area contributed by atoms with Crippen LogP contribution in [-0.4, -0.2) is 29.5 Å². The second-order valence-corrected chi connectivity index (χ2v) is 3.91. The minimum absolute atomic E-state index is 0.0805. The molecular formula is C12H7F7O3. The maximum Gasteiger partial charge on any atom is 0.434 e. The Bertz CT molecular complexity index is 561. The van der Waals surface area contributed by atoms with Crippen LogP contribution < -0.4 is 0 Å². The van der Waals surface area contributed by atoms with Crippen molar-refractivity contribution in [2.45, 2.75) is 18.5 Å². The fraction of sp³-hybridized carbons (Fsp3) is 0.250. The number of halogens is 7. The Balaban J connectivity index is 2.97. The van der Waals surface area contributed by atoms with Crippen molar-refractivity contribution >= 4 is 11.7 Å². The van der Waals surface area contributed by atoms with Crippen LogP contribution in [0.2, 0.25) is 0 Å². The van der Waals surface area contributed by atoms with E-state index in [0.29, 0.717) is 0 Å². The first-order chi connectivity index (χ1) is 9.93. The first-order valence-corrected chi connectivity index (χ1v) is 5.42. The van der Waals surface area contributed by atoms with E-state index in [1.165, 1.54) is 12.1 Å². The average Bonchev–Trinajstić information content (AvgIpc) is 2.33. The van der Waals surface area contributed by atoms with Crippen molar-refractivity contribution in [3.05, 3.63) is 41.7 Å². The molecule has 0 aromatic heterocycles. The molecule has 1 rings (SSSR count). The first-order valence-electron chi connectivity index (χ1n) is 5.42. The summed E-state index contributed by atoms with van der Waals surface area (Å²) in [5.41, 5.74) is -0.588. The van der Waals surface area contributed by atoms with Gasteiger partial charge in [0.25, 0.3) is 6.10 Å². The summed E-state index contributed by atoms with van der Waals surface area (Å²) >= 11 is 0. The Morgan fingerprint density at radius 3 is 2.05 bits per heavy atom. The van der Waals surface area contributed by atoms with E-state index in [2.05, 4.69) is 4.74 Å². The fourth-order valence-electron chi connectivity index (χ4n) is 1.33. The van der Waals surface area contributed by atoms with Gasteiger partial charge in [-0.3, -0.25) is 0 Å². The summed E-state index contributed by atoms with van der Waals surface area (Å²) in [6, 6.07) is 4.26. The quantitative estimate of drug-likeness (QED) is 0.397. The molecule has 0 aliphatic carbocycles. The summed E-state index contributed by atoms with van der Waals surface area (Å²) in [5, 5.41) is 9.35. The highest BCUT2D eigenvalue weighted by Gasteiger charge is 2.59. The van der Waals surface area contributed by atoms with Crippen LogP contribution in [0, 0.1) is 5.82 Å². The molecule has 0 saturated heterocycles. The van der Waals surface area contributed by atoms with Crippen LogP contribution >= 0.6 is 0 Å². The number of ether oxygens (including phenoxy) is 1. The number of hydrogen-bond donors (Lipinski definition) is 1. The maximum atomic E-state index is 13.2. The van der Waals surface area contributed by atoms with Crippen LogP contribution in [0.25, 0.3) is 5.76 Å². The highest BCUT2D eigenvalue weighted by molar-refractivity contribution is 5.89. The third kappa shape index (κ3) is 4.64. The standard InChI is InChI=1S/C12H7F7O3/c13-7-4-2-1-3-6(7)8(20)5-9(21)22-10(11(14,15)16)12(17,18)19/h1-5,10,20H/b8-5-. The van der Waals surface area contributed by atoms with Gasteiger partial charge in [-0.05, 0) is 12.1 Å². The molecule has 1 N–H and O–H groups in total. The molecule has 1 aromatic carbocycles. The van der Waals surface area contributed by atoms with Gasteiger partial charge in [-0.1, -0.05) is 12.1 Å². The molecule has 0 bridgehead atoms. The minimum atomic E-state index is -5.88. The minimum Gasteiger partial charge on any atom is -0.507 e. The van der Waals surface area contributed by atoms with E-state index in [1.807, 2.05) is 0 Å². The molecule has 0 heterocycles. The lowest BCUT2D eigenvalue weighted by molar-refractivity contribution is -0.312. The molecule has 0 fully saturated rings. The van der Waals surface area contributed by atoms with Crippen molar-refractivity contribution in [1.82, 2.24) is 0 Å². The molecule has 0 aliphatic heterocycles. The first kappa shape index (κ1) is 17.8. The van der Waals surface area contributed by atoms with Crippen molar-refractivity contribution in [2.75, 3.05) is 0 Å². The lowest BCUT2D eigenvalue weighted by Crippen LogP contribution is -2.45. The number of rotatable bonds is 3. The summed E-state index contributed by atoms with van der Waals surface area (Å²) < 4.78 is 89.4. The molecule has 22 heavy (non-hydrogen) atoms. The van der Waals surface area contributed by atoms with E-state index in [-0.39, 0.29) is 6.08 Å². The summed E-state index contributed by atoms with van der Waals surface area (Å²) in [7, 11) is 0. The molecule has 0 amide bonds. The number of benzene rings is 1. The van der Waals surface area contributed by atoms with Crippen LogP contribution in [0.4, 0.5) is 30.7 Å². The molecular weight excluding hydrogens is 325 g/mol.